The molecule has 0 atom stereocenters. The molecule has 0 radical (unpaired) electrons. The highest BCUT2D eigenvalue weighted by molar-refractivity contribution is 5.93. The van der Waals surface area contributed by atoms with Crippen LogP contribution in [0.4, 0.5) is 0 Å². The Hall–Kier alpha value is -1.62. The fourth-order valence-electron chi connectivity index (χ4n) is 3.25. The predicted molar refractivity (Wildman–Crippen MR) is 97.1 cm³/mol. The number of hydrogen-bond acceptors (Lipinski definition) is 5. The summed E-state index contributed by atoms with van der Waals surface area (Å²) in [6.07, 6.45) is 5.86. The average molecular weight is 352 g/mol. The molecule has 0 spiro atoms. The highest BCUT2D eigenvalue weighted by Gasteiger charge is 2.28. The van der Waals surface area contributed by atoms with E-state index in [0.29, 0.717) is 18.6 Å². The van der Waals surface area contributed by atoms with Crippen LogP contribution in [0.25, 0.3) is 0 Å². The summed E-state index contributed by atoms with van der Waals surface area (Å²) in [4.78, 5) is 24.1. The Morgan fingerprint density at radius 1 is 1.20 bits per heavy atom. The molecule has 1 aliphatic rings. The molecule has 1 rings (SSSR count). The summed E-state index contributed by atoms with van der Waals surface area (Å²) in [7, 11) is 1.54. The number of allylic oxidation sites excluding steroid dienone is 3. The summed E-state index contributed by atoms with van der Waals surface area (Å²) in [5.74, 6) is -0.886. The molecule has 0 unspecified atom stereocenters. The SMILES string of the molecule is CCOC(=O)/C(=C\CC1=C(C)CCCC1(C)C)CC(=O)OCCOC. The largest absolute Gasteiger partial charge is 0.463 e. The molecule has 1 aliphatic carbocycles. The molecule has 5 nitrogen and oxygen atoms in total. The molecule has 25 heavy (non-hydrogen) atoms. The first kappa shape index (κ1) is 21.4. The van der Waals surface area contributed by atoms with Gasteiger partial charge in [-0.2, -0.15) is 0 Å². The van der Waals surface area contributed by atoms with Gasteiger partial charge in [-0.3, -0.25) is 4.79 Å². The summed E-state index contributed by atoms with van der Waals surface area (Å²) in [5.41, 5.74) is 3.23. The second kappa shape index (κ2) is 10.4. The molecule has 0 saturated carbocycles. The predicted octanol–water partition coefficient (Wildman–Crippen LogP) is 3.97. The molecule has 0 fully saturated rings. The van der Waals surface area contributed by atoms with Gasteiger partial charge in [0.1, 0.15) is 6.61 Å². The molecular formula is C20H32O5. The molecule has 0 heterocycles. The third-order valence-corrected chi connectivity index (χ3v) is 4.66. The Kier molecular flexibility index (Phi) is 8.90. The lowest BCUT2D eigenvalue weighted by Gasteiger charge is -2.34. The van der Waals surface area contributed by atoms with Crippen molar-refractivity contribution in [3.8, 4) is 0 Å². The summed E-state index contributed by atoms with van der Waals surface area (Å²) in [6.45, 7) is 9.19. The van der Waals surface area contributed by atoms with E-state index in [1.54, 1.807) is 14.0 Å². The van der Waals surface area contributed by atoms with Gasteiger partial charge < -0.3 is 14.2 Å². The van der Waals surface area contributed by atoms with Crippen molar-refractivity contribution in [3.05, 3.63) is 22.8 Å². The molecule has 0 aromatic rings. The Morgan fingerprint density at radius 2 is 1.92 bits per heavy atom. The second-order valence-corrected chi connectivity index (χ2v) is 7.04. The third-order valence-electron chi connectivity index (χ3n) is 4.66. The van der Waals surface area contributed by atoms with Crippen LogP contribution in [0.3, 0.4) is 0 Å². The maximum absolute atomic E-state index is 12.2. The van der Waals surface area contributed by atoms with Crippen LogP contribution in [0.2, 0.25) is 0 Å². The number of ether oxygens (including phenoxy) is 3. The third kappa shape index (κ3) is 7.02. The molecule has 0 N–H and O–H groups in total. The van der Waals surface area contributed by atoms with Crippen LogP contribution in [0.1, 0.15) is 59.8 Å². The number of carbonyl (C=O) groups excluding carboxylic acids is 2. The summed E-state index contributed by atoms with van der Waals surface area (Å²) < 4.78 is 15.0. The van der Waals surface area contributed by atoms with Crippen molar-refractivity contribution in [1.29, 1.82) is 0 Å². The van der Waals surface area contributed by atoms with Crippen LogP contribution >= 0.6 is 0 Å². The Bertz CT molecular complexity index is 528. The first-order chi connectivity index (χ1) is 11.8. The molecule has 5 heteroatoms. The molecule has 0 bridgehead atoms. The molecule has 0 amide bonds. The standard InChI is InChI=1S/C20H32O5/c1-6-24-19(22)16(14-18(21)25-13-12-23-5)9-10-17-15(2)8-7-11-20(17,3)4/h9H,6-8,10-14H2,1-5H3/b16-9-. The summed E-state index contributed by atoms with van der Waals surface area (Å²) in [5, 5.41) is 0. The quantitative estimate of drug-likeness (QED) is 0.272. The van der Waals surface area contributed by atoms with E-state index in [1.165, 1.54) is 17.6 Å². The number of esters is 2. The van der Waals surface area contributed by atoms with Crippen LogP contribution in [-0.2, 0) is 23.8 Å². The molecule has 0 aromatic carbocycles. The minimum atomic E-state index is -0.446. The first-order valence-electron chi connectivity index (χ1n) is 9.01. The molecular weight excluding hydrogens is 320 g/mol. The van der Waals surface area contributed by atoms with Crippen LogP contribution in [0, 0.1) is 5.41 Å². The number of methoxy groups -OCH3 is 1. The van der Waals surface area contributed by atoms with Crippen molar-refractivity contribution in [1.82, 2.24) is 0 Å². The normalized spacial score (nSPS) is 17.4. The lowest BCUT2D eigenvalue weighted by Crippen LogP contribution is -2.20. The second-order valence-electron chi connectivity index (χ2n) is 7.04. The van der Waals surface area contributed by atoms with E-state index in [0.717, 1.165) is 12.8 Å². The van der Waals surface area contributed by atoms with E-state index in [-0.39, 0.29) is 25.0 Å². The van der Waals surface area contributed by atoms with E-state index in [4.69, 9.17) is 14.2 Å². The van der Waals surface area contributed by atoms with Gasteiger partial charge in [0.05, 0.1) is 19.6 Å². The summed E-state index contributed by atoms with van der Waals surface area (Å²) >= 11 is 0. The first-order valence-corrected chi connectivity index (χ1v) is 9.01. The molecule has 0 saturated heterocycles. The van der Waals surface area contributed by atoms with E-state index >= 15 is 0 Å². The van der Waals surface area contributed by atoms with Crippen LogP contribution in [0.15, 0.2) is 22.8 Å². The minimum absolute atomic E-state index is 0.0741. The van der Waals surface area contributed by atoms with Crippen LogP contribution in [-0.4, -0.2) is 38.9 Å². The Balaban J connectivity index is 2.86. The summed E-state index contributed by atoms with van der Waals surface area (Å²) in [6, 6.07) is 0. The number of carbonyl (C=O) groups is 2. The van der Waals surface area contributed by atoms with E-state index in [9.17, 15) is 9.59 Å². The number of hydrogen-bond donors (Lipinski definition) is 0. The fourth-order valence-corrected chi connectivity index (χ4v) is 3.25. The minimum Gasteiger partial charge on any atom is -0.463 e. The zero-order chi connectivity index (χ0) is 18.9. The fraction of sp³-hybridized carbons (Fsp3) is 0.700. The highest BCUT2D eigenvalue weighted by atomic mass is 16.6. The van der Waals surface area contributed by atoms with Gasteiger partial charge in [-0.1, -0.05) is 31.1 Å². The van der Waals surface area contributed by atoms with Crippen LogP contribution in [0.5, 0.6) is 0 Å². The van der Waals surface area contributed by atoms with Gasteiger partial charge in [0.25, 0.3) is 0 Å². The Labute approximate surface area is 151 Å². The van der Waals surface area contributed by atoms with Gasteiger partial charge in [0.2, 0.25) is 0 Å². The van der Waals surface area contributed by atoms with Crippen molar-refractivity contribution >= 4 is 11.9 Å². The van der Waals surface area contributed by atoms with Gasteiger partial charge in [-0.15, -0.1) is 0 Å². The topological polar surface area (TPSA) is 61.8 Å². The van der Waals surface area contributed by atoms with Gasteiger partial charge >= 0.3 is 11.9 Å². The highest BCUT2D eigenvalue weighted by Crippen LogP contribution is 2.42. The zero-order valence-electron chi connectivity index (χ0n) is 16.3. The maximum Gasteiger partial charge on any atom is 0.334 e. The van der Waals surface area contributed by atoms with E-state index < -0.39 is 11.9 Å². The number of rotatable bonds is 9. The maximum atomic E-state index is 12.2. The Morgan fingerprint density at radius 3 is 2.52 bits per heavy atom. The smallest absolute Gasteiger partial charge is 0.334 e. The van der Waals surface area contributed by atoms with Gasteiger partial charge in [0, 0.05) is 12.7 Å². The lowest BCUT2D eigenvalue weighted by atomic mass is 9.71. The van der Waals surface area contributed by atoms with Gasteiger partial charge in [0.15, 0.2) is 0 Å². The lowest BCUT2D eigenvalue weighted by molar-refractivity contribution is -0.147. The average Bonchev–Trinajstić information content (AvgIpc) is 2.53. The zero-order valence-corrected chi connectivity index (χ0v) is 16.3. The van der Waals surface area contributed by atoms with Crippen molar-refractivity contribution in [3.63, 3.8) is 0 Å². The van der Waals surface area contributed by atoms with Gasteiger partial charge in [-0.05, 0) is 44.9 Å². The van der Waals surface area contributed by atoms with Crippen molar-refractivity contribution < 1.29 is 23.8 Å². The molecule has 0 aromatic heterocycles. The van der Waals surface area contributed by atoms with E-state index in [2.05, 4.69) is 20.8 Å². The monoisotopic (exact) mass is 352 g/mol. The van der Waals surface area contributed by atoms with Gasteiger partial charge in [-0.25, -0.2) is 4.79 Å². The molecule has 142 valence electrons. The molecule has 0 aliphatic heterocycles. The van der Waals surface area contributed by atoms with Crippen molar-refractivity contribution in [2.45, 2.75) is 59.8 Å². The van der Waals surface area contributed by atoms with Crippen LogP contribution < -0.4 is 0 Å². The van der Waals surface area contributed by atoms with Crippen molar-refractivity contribution in [2.24, 2.45) is 5.41 Å². The van der Waals surface area contributed by atoms with Crippen molar-refractivity contribution in [2.75, 3.05) is 26.9 Å². The van der Waals surface area contributed by atoms with E-state index in [1.807, 2.05) is 6.08 Å².